The van der Waals surface area contributed by atoms with E-state index in [-0.39, 0.29) is 12.4 Å². The Morgan fingerprint density at radius 3 is 3.00 bits per heavy atom. The zero-order chi connectivity index (χ0) is 13.0. The van der Waals surface area contributed by atoms with Gasteiger partial charge in [0.05, 0.1) is 11.6 Å². The van der Waals surface area contributed by atoms with E-state index in [1.807, 2.05) is 6.07 Å². The third-order valence-corrected chi connectivity index (χ3v) is 3.48. The normalized spacial score (nSPS) is 19.9. The molecule has 1 unspecified atom stereocenters. The average Bonchev–Trinajstić information content (AvgIpc) is 2.80. The molecule has 1 aromatic carbocycles. The zero-order valence-electron chi connectivity index (χ0n) is 10.3. The fourth-order valence-corrected chi connectivity index (χ4v) is 2.46. The Kier molecular flexibility index (Phi) is 4.29. The number of hydrogen-bond donors (Lipinski definition) is 1. The number of hydrogen-bond acceptors (Lipinski definition) is 3. The van der Waals surface area contributed by atoms with E-state index in [2.05, 4.69) is 4.90 Å². The van der Waals surface area contributed by atoms with Crippen molar-refractivity contribution in [3.63, 3.8) is 0 Å². The second kappa shape index (κ2) is 5.94. The van der Waals surface area contributed by atoms with Gasteiger partial charge in [0, 0.05) is 25.3 Å². The minimum absolute atomic E-state index is 0.226. The summed E-state index contributed by atoms with van der Waals surface area (Å²) >= 11 is 0. The molecule has 0 bridgehead atoms. The van der Waals surface area contributed by atoms with Crippen LogP contribution in [-0.4, -0.2) is 29.7 Å². The Hall–Kier alpha value is -1.44. The summed E-state index contributed by atoms with van der Waals surface area (Å²) in [5.74, 6) is 0.219. The molecule has 2 rings (SSSR count). The van der Waals surface area contributed by atoms with Gasteiger partial charge >= 0.3 is 0 Å². The SMILES string of the molecule is N#Cc1ccc(CN2CCC(CCO)C2)c(F)c1. The van der Waals surface area contributed by atoms with Crippen molar-refractivity contribution in [3.8, 4) is 6.07 Å². The van der Waals surface area contributed by atoms with E-state index in [9.17, 15) is 4.39 Å². The smallest absolute Gasteiger partial charge is 0.129 e. The number of likely N-dealkylation sites (tertiary alicyclic amines) is 1. The van der Waals surface area contributed by atoms with Crippen LogP contribution in [0.15, 0.2) is 18.2 Å². The lowest BCUT2D eigenvalue weighted by molar-refractivity contribution is 0.248. The first-order valence-electron chi connectivity index (χ1n) is 6.24. The number of aliphatic hydroxyl groups excluding tert-OH is 1. The first-order chi connectivity index (χ1) is 8.72. The highest BCUT2D eigenvalue weighted by molar-refractivity contribution is 5.32. The zero-order valence-corrected chi connectivity index (χ0v) is 10.3. The maximum atomic E-state index is 13.7. The highest BCUT2D eigenvalue weighted by Gasteiger charge is 2.22. The van der Waals surface area contributed by atoms with E-state index >= 15 is 0 Å². The Morgan fingerprint density at radius 2 is 2.33 bits per heavy atom. The maximum Gasteiger partial charge on any atom is 0.129 e. The van der Waals surface area contributed by atoms with Crippen molar-refractivity contribution in [1.82, 2.24) is 4.90 Å². The Balaban J connectivity index is 1.96. The molecule has 1 aliphatic heterocycles. The van der Waals surface area contributed by atoms with Gasteiger partial charge in [-0.15, -0.1) is 0 Å². The van der Waals surface area contributed by atoms with Crippen LogP contribution in [0.4, 0.5) is 4.39 Å². The Labute approximate surface area is 106 Å². The minimum atomic E-state index is -0.306. The van der Waals surface area contributed by atoms with Crippen LogP contribution in [0, 0.1) is 23.1 Å². The van der Waals surface area contributed by atoms with E-state index in [0.29, 0.717) is 23.6 Å². The number of rotatable bonds is 4. The highest BCUT2D eigenvalue weighted by atomic mass is 19.1. The van der Waals surface area contributed by atoms with Gasteiger partial charge in [-0.3, -0.25) is 4.90 Å². The summed E-state index contributed by atoms with van der Waals surface area (Å²) < 4.78 is 13.7. The fraction of sp³-hybridized carbons (Fsp3) is 0.500. The third kappa shape index (κ3) is 3.06. The van der Waals surface area contributed by atoms with Gasteiger partial charge in [-0.1, -0.05) is 6.07 Å². The summed E-state index contributed by atoms with van der Waals surface area (Å²) in [6, 6.07) is 6.56. The van der Waals surface area contributed by atoms with Crippen molar-refractivity contribution in [2.75, 3.05) is 19.7 Å². The van der Waals surface area contributed by atoms with Crippen LogP contribution in [0.3, 0.4) is 0 Å². The van der Waals surface area contributed by atoms with Gasteiger partial charge in [-0.2, -0.15) is 5.26 Å². The summed E-state index contributed by atoms with van der Waals surface area (Å²) in [6.07, 6.45) is 1.89. The molecular formula is C14H17FN2O. The molecule has 1 saturated heterocycles. The molecule has 1 heterocycles. The van der Waals surface area contributed by atoms with E-state index < -0.39 is 0 Å². The molecule has 1 atom stereocenters. The molecule has 0 radical (unpaired) electrons. The molecule has 1 fully saturated rings. The first kappa shape index (κ1) is 13.0. The van der Waals surface area contributed by atoms with Gasteiger partial charge in [0.2, 0.25) is 0 Å². The quantitative estimate of drug-likeness (QED) is 0.885. The van der Waals surface area contributed by atoms with E-state index in [4.69, 9.17) is 10.4 Å². The van der Waals surface area contributed by atoms with Gasteiger partial charge in [0.15, 0.2) is 0 Å². The van der Waals surface area contributed by atoms with Crippen molar-refractivity contribution in [3.05, 3.63) is 35.1 Å². The number of nitrogens with zero attached hydrogens (tertiary/aromatic N) is 2. The fourth-order valence-electron chi connectivity index (χ4n) is 2.46. The van der Waals surface area contributed by atoms with Crippen molar-refractivity contribution in [2.45, 2.75) is 19.4 Å². The predicted molar refractivity (Wildman–Crippen MR) is 66.2 cm³/mol. The summed E-state index contributed by atoms with van der Waals surface area (Å²) in [7, 11) is 0. The molecule has 0 spiro atoms. The summed E-state index contributed by atoms with van der Waals surface area (Å²) in [5.41, 5.74) is 0.995. The lowest BCUT2D eigenvalue weighted by Crippen LogP contribution is -2.21. The van der Waals surface area contributed by atoms with E-state index in [1.165, 1.54) is 6.07 Å². The van der Waals surface area contributed by atoms with Crippen molar-refractivity contribution < 1.29 is 9.50 Å². The number of nitriles is 1. The maximum absolute atomic E-state index is 13.7. The molecule has 1 aliphatic rings. The standard InChI is InChI=1S/C14H17FN2O/c15-14-7-12(8-16)1-2-13(14)10-17-5-3-11(9-17)4-6-18/h1-2,7,11,18H,3-6,9-10H2. The highest BCUT2D eigenvalue weighted by Crippen LogP contribution is 2.22. The summed E-state index contributed by atoms with van der Waals surface area (Å²) in [6.45, 7) is 2.67. The largest absolute Gasteiger partial charge is 0.396 e. The molecule has 0 amide bonds. The van der Waals surface area contributed by atoms with Gasteiger partial charge in [0.25, 0.3) is 0 Å². The second-order valence-electron chi connectivity index (χ2n) is 4.82. The monoisotopic (exact) mass is 248 g/mol. The van der Waals surface area contributed by atoms with Crippen LogP contribution >= 0.6 is 0 Å². The van der Waals surface area contributed by atoms with Crippen LogP contribution in [0.5, 0.6) is 0 Å². The van der Waals surface area contributed by atoms with Gasteiger partial charge < -0.3 is 5.11 Å². The van der Waals surface area contributed by atoms with Crippen LogP contribution < -0.4 is 0 Å². The third-order valence-electron chi connectivity index (χ3n) is 3.48. The molecular weight excluding hydrogens is 231 g/mol. The molecule has 0 aromatic heterocycles. The lowest BCUT2D eigenvalue weighted by atomic mass is 10.1. The van der Waals surface area contributed by atoms with E-state index in [0.717, 1.165) is 25.9 Å². The van der Waals surface area contributed by atoms with E-state index in [1.54, 1.807) is 12.1 Å². The van der Waals surface area contributed by atoms with Gasteiger partial charge in [-0.25, -0.2) is 4.39 Å². The van der Waals surface area contributed by atoms with Crippen LogP contribution in [-0.2, 0) is 6.54 Å². The predicted octanol–water partition coefficient (Wildman–Crippen LogP) is 1.90. The summed E-state index contributed by atoms with van der Waals surface area (Å²) in [4.78, 5) is 2.20. The summed E-state index contributed by atoms with van der Waals surface area (Å²) in [5, 5.41) is 17.6. The molecule has 0 aliphatic carbocycles. The minimum Gasteiger partial charge on any atom is -0.396 e. The molecule has 96 valence electrons. The Morgan fingerprint density at radius 1 is 1.50 bits per heavy atom. The molecule has 4 heteroatoms. The van der Waals surface area contributed by atoms with Crippen molar-refractivity contribution in [2.24, 2.45) is 5.92 Å². The first-order valence-corrected chi connectivity index (χ1v) is 6.24. The number of benzene rings is 1. The Bertz CT molecular complexity index is 456. The van der Waals surface area contributed by atoms with Crippen LogP contribution in [0.1, 0.15) is 24.0 Å². The van der Waals surface area contributed by atoms with Crippen molar-refractivity contribution in [1.29, 1.82) is 5.26 Å². The van der Waals surface area contributed by atoms with Gasteiger partial charge in [-0.05, 0) is 37.4 Å². The molecule has 1 N–H and O–H groups in total. The number of aliphatic hydroxyl groups is 1. The molecule has 1 aromatic rings. The number of halogens is 1. The molecule has 3 nitrogen and oxygen atoms in total. The average molecular weight is 248 g/mol. The lowest BCUT2D eigenvalue weighted by Gasteiger charge is -2.16. The van der Waals surface area contributed by atoms with Crippen LogP contribution in [0.25, 0.3) is 0 Å². The second-order valence-corrected chi connectivity index (χ2v) is 4.82. The van der Waals surface area contributed by atoms with Gasteiger partial charge in [0.1, 0.15) is 5.82 Å². The molecule has 0 saturated carbocycles. The van der Waals surface area contributed by atoms with Crippen molar-refractivity contribution >= 4 is 0 Å². The molecule has 18 heavy (non-hydrogen) atoms. The van der Waals surface area contributed by atoms with Crippen LogP contribution in [0.2, 0.25) is 0 Å². The topological polar surface area (TPSA) is 47.3 Å².